The molecule has 1 aromatic heterocycles. The van der Waals surface area contributed by atoms with Gasteiger partial charge in [-0.25, -0.2) is 9.59 Å². The Morgan fingerprint density at radius 3 is 2.31 bits per heavy atom. The maximum atomic E-state index is 9.55. The Bertz CT molecular complexity index is 1120. The van der Waals surface area contributed by atoms with Gasteiger partial charge in [-0.15, -0.1) is 0 Å². The van der Waals surface area contributed by atoms with Crippen LogP contribution in [0.3, 0.4) is 0 Å². The molecule has 9 heteroatoms. The van der Waals surface area contributed by atoms with Crippen LogP contribution < -0.4 is 9.47 Å². The van der Waals surface area contributed by atoms with Gasteiger partial charge in [0.1, 0.15) is 0 Å². The number of benzene rings is 2. The summed E-state index contributed by atoms with van der Waals surface area (Å²) in [6.07, 6.45) is 4.38. The standard InChI is InChI=1S/C22H26N2O3.C4H4O4/c1-25-20-9-4-5-10-21(20)26-16-6-13-24-14-11-17(12-15-24)22-18-7-2-3-8-19(18)27-23-22;5-3(6)1-2-4(7)8/h2-5,7-10,17H,6,11-16H2,1H3;1-2H,(H,5,6)(H,7,8)/b;2-1+. The van der Waals surface area contributed by atoms with Crippen LogP contribution in [0.25, 0.3) is 11.0 Å². The third kappa shape index (κ3) is 7.86. The number of aromatic nitrogens is 1. The number of nitrogens with zero attached hydrogens (tertiary/aromatic N) is 2. The van der Waals surface area contributed by atoms with Crippen LogP contribution in [0.2, 0.25) is 0 Å². The van der Waals surface area contributed by atoms with Gasteiger partial charge in [-0.2, -0.15) is 0 Å². The number of piperidine rings is 1. The quantitative estimate of drug-likeness (QED) is 0.341. The molecular formula is C26H30N2O7. The molecule has 186 valence electrons. The van der Waals surface area contributed by atoms with Crippen molar-refractivity contribution in [3.63, 3.8) is 0 Å². The summed E-state index contributed by atoms with van der Waals surface area (Å²) in [6, 6.07) is 15.9. The van der Waals surface area contributed by atoms with E-state index in [1.54, 1.807) is 7.11 Å². The van der Waals surface area contributed by atoms with Crippen LogP contribution in [0.15, 0.2) is 65.2 Å². The van der Waals surface area contributed by atoms with Crippen LogP contribution in [0.1, 0.15) is 30.9 Å². The smallest absolute Gasteiger partial charge is 0.328 e. The Labute approximate surface area is 203 Å². The summed E-state index contributed by atoms with van der Waals surface area (Å²) in [5.74, 6) is -0.413. The van der Waals surface area contributed by atoms with Gasteiger partial charge >= 0.3 is 11.9 Å². The van der Waals surface area contributed by atoms with E-state index in [0.717, 1.165) is 61.7 Å². The van der Waals surface area contributed by atoms with Crippen LogP contribution in [0.5, 0.6) is 11.5 Å². The molecule has 0 saturated carbocycles. The third-order valence-corrected chi connectivity index (χ3v) is 5.69. The fourth-order valence-corrected chi connectivity index (χ4v) is 3.98. The number of hydrogen-bond donors (Lipinski definition) is 2. The van der Waals surface area contributed by atoms with Gasteiger partial charge < -0.3 is 29.1 Å². The first-order chi connectivity index (χ1) is 17.0. The highest BCUT2D eigenvalue weighted by molar-refractivity contribution is 5.89. The number of likely N-dealkylation sites (tertiary alicyclic amines) is 1. The second-order valence-corrected chi connectivity index (χ2v) is 8.04. The van der Waals surface area contributed by atoms with Crippen LogP contribution in [-0.2, 0) is 9.59 Å². The van der Waals surface area contributed by atoms with Gasteiger partial charge in [-0.3, -0.25) is 0 Å². The summed E-state index contributed by atoms with van der Waals surface area (Å²) in [6.45, 7) is 3.96. The lowest BCUT2D eigenvalue weighted by Crippen LogP contribution is -2.34. The fourth-order valence-electron chi connectivity index (χ4n) is 3.98. The van der Waals surface area contributed by atoms with Crippen molar-refractivity contribution in [1.29, 1.82) is 0 Å². The minimum Gasteiger partial charge on any atom is -0.493 e. The van der Waals surface area contributed by atoms with Crippen LogP contribution in [0.4, 0.5) is 0 Å². The molecule has 9 nitrogen and oxygen atoms in total. The number of aliphatic carboxylic acids is 2. The van der Waals surface area contributed by atoms with Gasteiger partial charge in [0.25, 0.3) is 0 Å². The number of carboxylic acid groups (broad SMARTS) is 2. The zero-order valence-electron chi connectivity index (χ0n) is 19.6. The predicted molar refractivity (Wildman–Crippen MR) is 130 cm³/mol. The van der Waals surface area contributed by atoms with E-state index in [2.05, 4.69) is 22.2 Å². The monoisotopic (exact) mass is 482 g/mol. The van der Waals surface area contributed by atoms with E-state index in [-0.39, 0.29) is 0 Å². The van der Waals surface area contributed by atoms with Gasteiger partial charge in [0.15, 0.2) is 17.1 Å². The van der Waals surface area contributed by atoms with Crippen molar-refractivity contribution in [2.75, 3.05) is 33.4 Å². The van der Waals surface area contributed by atoms with E-state index in [9.17, 15) is 9.59 Å². The van der Waals surface area contributed by atoms with Crippen molar-refractivity contribution in [3.05, 3.63) is 66.4 Å². The SMILES string of the molecule is COc1ccccc1OCCCN1CCC(c2noc3ccccc23)CC1.O=C(O)/C=C/C(=O)O. The first-order valence-electron chi connectivity index (χ1n) is 11.4. The number of ether oxygens (including phenoxy) is 2. The fraction of sp³-hybridized carbons (Fsp3) is 0.346. The second kappa shape index (κ2) is 13.1. The average Bonchev–Trinajstić information content (AvgIpc) is 3.30. The summed E-state index contributed by atoms with van der Waals surface area (Å²) >= 11 is 0. The minimum absolute atomic E-state index is 0.495. The van der Waals surface area contributed by atoms with E-state index >= 15 is 0 Å². The molecule has 4 rings (SSSR count). The van der Waals surface area contributed by atoms with Crippen LogP contribution in [0, 0.1) is 0 Å². The van der Waals surface area contributed by atoms with Gasteiger partial charge in [0, 0.05) is 30.0 Å². The molecule has 0 spiro atoms. The zero-order chi connectivity index (χ0) is 25.0. The molecule has 1 aliphatic heterocycles. The number of hydrogen-bond acceptors (Lipinski definition) is 7. The largest absolute Gasteiger partial charge is 0.493 e. The molecule has 0 bridgehead atoms. The lowest BCUT2D eigenvalue weighted by molar-refractivity contribution is -0.134. The van der Waals surface area contributed by atoms with Crippen molar-refractivity contribution < 1.29 is 33.8 Å². The molecule has 2 heterocycles. The highest BCUT2D eigenvalue weighted by Gasteiger charge is 2.24. The van der Waals surface area contributed by atoms with Crippen molar-refractivity contribution in [1.82, 2.24) is 10.1 Å². The van der Waals surface area contributed by atoms with Gasteiger partial charge in [-0.1, -0.05) is 29.4 Å². The average molecular weight is 483 g/mol. The van der Waals surface area contributed by atoms with Gasteiger partial charge in [0.2, 0.25) is 0 Å². The summed E-state index contributed by atoms with van der Waals surface area (Å²) in [7, 11) is 1.67. The molecule has 3 aromatic rings. The molecule has 0 aliphatic carbocycles. The molecule has 0 amide bonds. The molecule has 2 N–H and O–H groups in total. The molecule has 35 heavy (non-hydrogen) atoms. The molecule has 0 radical (unpaired) electrons. The molecule has 2 aromatic carbocycles. The van der Waals surface area contributed by atoms with E-state index < -0.39 is 11.9 Å². The normalized spacial score (nSPS) is 14.4. The summed E-state index contributed by atoms with van der Waals surface area (Å²) < 4.78 is 16.7. The van der Waals surface area contributed by atoms with E-state index in [1.165, 1.54) is 5.39 Å². The number of para-hydroxylation sites is 3. The third-order valence-electron chi connectivity index (χ3n) is 5.69. The Morgan fingerprint density at radius 1 is 1.03 bits per heavy atom. The summed E-state index contributed by atoms with van der Waals surface area (Å²) in [5.41, 5.74) is 2.02. The van der Waals surface area contributed by atoms with Crippen LogP contribution >= 0.6 is 0 Å². The number of fused-ring (bicyclic) bond motifs is 1. The second-order valence-electron chi connectivity index (χ2n) is 8.04. The topological polar surface area (TPSA) is 122 Å². The molecule has 1 aliphatic rings. The Balaban J connectivity index is 0.000000371. The number of rotatable bonds is 9. The van der Waals surface area contributed by atoms with Gasteiger partial charge in [-0.05, 0) is 56.6 Å². The van der Waals surface area contributed by atoms with E-state index in [1.807, 2.05) is 36.4 Å². The highest BCUT2D eigenvalue weighted by atomic mass is 16.5. The number of carbonyl (C=O) groups is 2. The number of carboxylic acids is 2. The maximum Gasteiger partial charge on any atom is 0.328 e. The molecular weight excluding hydrogens is 452 g/mol. The Hall–Kier alpha value is -3.85. The predicted octanol–water partition coefficient (Wildman–Crippen LogP) is 4.20. The number of methoxy groups -OCH3 is 1. The highest BCUT2D eigenvalue weighted by Crippen LogP contribution is 2.32. The van der Waals surface area contributed by atoms with Crippen molar-refractivity contribution in [2.45, 2.75) is 25.2 Å². The van der Waals surface area contributed by atoms with E-state index in [4.69, 9.17) is 24.2 Å². The van der Waals surface area contributed by atoms with Crippen molar-refractivity contribution in [3.8, 4) is 11.5 Å². The first kappa shape index (κ1) is 25.8. The zero-order valence-corrected chi connectivity index (χ0v) is 19.6. The molecule has 1 saturated heterocycles. The van der Waals surface area contributed by atoms with Crippen molar-refractivity contribution in [2.24, 2.45) is 0 Å². The molecule has 0 unspecified atom stereocenters. The maximum absolute atomic E-state index is 9.55. The summed E-state index contributed by atoms with van der Waals surface area (Å²) in [4.78, 5) is 21.6. The first-order valence-corrected chi connectivity index (χ1v) is 11.4. The lowest BCUT2D eigenvalue weighted by Gasteiger charge is -2.31. The summed E-state index contributed by atoms with van der Waals surface area (Å²) in [5, 5.41) is 21.1. The Morgan fingerprint density at radius 2 is 1.66 bits per heavy atom. The van der Waals surface area contributed by atoms with Gasteiger partial charge in [0.05, 0.1) is 19.4 Å². The molecule has 1 fully saturated rings. The Kier molecular flexibility index (Phi) is 9.68. The van der Waals surface area contributed by atoms with E-state index in [0.29, 0.717) is 24.7 Å². The minimum atomic E-state index is -1.26. The molecule has 0 atom stereocenters. The van der Waals surface area contributed by atoms with Crippen molar-refractivity contribution >= 4 is 22.9 Å². The lowest BCUT2D eigenvalue weighted by atomic mass is 9.91. The van der Waals surface area contributed by atoms with Crippen LogP contribution in [-0.4, -0.2) is 65.6 Å².